The predicted molar refractivity (Wildman–Crippen MR) is 97.1 cm³/mol. The van der Waals surface area contributed by atoms with E-state index in [0.717, 1.165) is 16.7 Å². The molecular weight excluding hydrogens is 312 g/mol. The Labute approximate surface area is 147 Å². The Balaban J connectivity index is 1.80. The number of aromatic nitrogens is 2. The number of ether oxygens (including phenoxy) is 1. The summed E-state index contributed by atoms with van der Waals surface area (Å²) < 4.78 is 7.36. The van der Waals surface area contributed by atoms with E-state index in [1.807, 2.05) is 62.4 Å². The van der Waals surface area contributed by atoms with Crippen LogP contribution >= 0.6 is 0 Å². The summed E-state index contributed by atoms with van der Waals surface area (Å²) in [6.45, 7) is 4.90. The van der Waals surface area contributed by atoms with Gasteiger partial charge in [0.15, 0.2) is 5.56 Å². The maximum absolute atomic E-state index is 9.39. The summed E-state index contributed by atoms with van der Waals surface area (Å²) in [6, 6.07) is 18.2. The Morgan fingerprint density at radius 1 is 1.08 bits per heavy atom. The molecule has 5 nitrogen and oxygen atoms in total. The van der Waals surface area contributed by atoms with E-state index < -0.39 is 0 Å². The molecule has 0 aliphatic rings. The van der Waals surface area contributed by atoms with Gasteiger partial charge in [-0.3, -0.25) is 0 Å². The van der Waals surface area contributed by atoms with Gasteiger partial charge in [-0.2, -0.15) is 5.26 Å². The van der Waals surface area contributed by atoms with Crippen LogP contribution in [0.1, 0.15) is 27.8 Å². The molecule has 0 unspecified atom stereocenters. The largest absolute Gasteiger partial charge is 0.471 e. The number of anilines is 1. The second kappa shape index (κ2) is 7.10. The Morgan fingerprint density at radius 3 is 2.52 bits per heavy atom. The monoisotopic (exact) mass is 332 g/mol. The molecule has 0 amide bonds. The molecule has 2 N–H and O–H groups in total. The van der Waals surface area contributed by atoms with E-state index in [4.69, 9.17) is 10.5 Å². The molecule has 2 aromatic carbocycles. The molecule has 5 heteroatoms. The lowest BCUT2D eigenvalue weighted by Gasteiger charge is -2.05. The Bertz CT molecular complexity index is 920. The van der Waals surface area contributed by atoms with Crippen molar-refractivity contribution < 1.29 is 4.74 Å². The second-order valence-electron chi connectivity index (χ2n) is 6.10. The molecule has 0 radical (unpaired) electrons. The van der Waals surface area contributed by atoms with Gasteiger partial charge in [0.05, 0.1) is 6.54 Å². The first-order valence-electron chi connectivity index (χ1n) is 8.07. The molecule has 1 heterocycles. The molecule has 126 valence electrons. The second-order valence-corrected chi connectivity index (χ2v) is 6.10. The zero-order chi connectivity index (χ0) is 17.8. The number of aryl methyl sites for hydroxylation is 2. The van der Waals surface area contributed by atoms with E-state index in [1.54, 1.807) is 4.68 Å². The van der Waals surface area contributed by atoms with Gasteiger partial charge in [0, 0.05) is 0 Å². The highest BCUT2D eigenvalue weighted by Crippen LogP contribution is 2.24. The number of nitrogen functional groups attached to an aromatic ring is 1. The first kappa shape index (κ1) is 16.6. The number of rotatable bonds is 5. The summed E-state index contributed by atoms with van der Waals surface area (Å²) in [6.07, 6.45) is 0. The third-order valence-electron chi connectivity index (χ3n) is 3.98. The average Bonchev–Trinajstić information content (AvgIpc) is 2.90. The van der Waals surface area contributed by atoms with Crippen LogP contribution in [-0.2, 0) is 13.2 Å². The van der Waals surface area contributed by atoms with Crippen LogP contribution in [0.4, 0.5) is 5.82 Å². The number of nitriles is 1. The van der Waals surface area contributed by atoms with Gasteiger partial charge in [0.1, 0.15) is 18.5 Å². The van der Waals surface area contributed by atoms with Gasteiger partial charge in [0.25, 0.3) is 5.88 Å². The molecular formula is C20H20N4O. The van der Waals surface area contributed by atoms with Gasteiger partial charge in [-0.1, -0.05) is 59.7 Å². The van der Waals surface area contributed by atoms with E-state index in [2.05, 4.69) is 11.2 Å². The summed E-state index contributed by atoms with van der Waals surface area (Å²) in [5, 5.41) is 13.8. The number of hydrogen-bond acceptors (Lipinski definition) is 4. The van der Waals surface area contributed by atoms with Crippen LogP contribution in [0.3, 0.4) is 0 Å². The highest BCUT2D eigenvalue weighted by atomic mass is 16.5. The van der Waals surface area contributed by atoms with Crippen LogP contribution in [0.25, 0.3) is 0 Å². The number of nitrogens with zero attached hydrogens (tertiary/aromatic N) is 3. The van der Waals surface area contributed by atoms with E-state index in [-0.39, 0.29) is 11.4 Å². The highest BCUT2D eigenvalue weighted by molar-refractivity contribution is 5.55. The van der Waals surface area contributed by atoms with Crippen molar-refractivity contribution in [3.8, 4) is 11.9 Å². The SMILES string of the molecule is Cc1ccc(Cn2nc(OCc3cccc(C)c3)c(C#N)c2N)cc1. The Kier molecular flexibility index (Phi) is 4.71. The summed E-state index contributed by atoms with van der Waals surface area (Å²) in [5.74, 6) is 0.593. The fourth-order valence-electron chi connectivity index (χ4n) is 2.60. The fourth-order valence-corrected chi connectivity index (χ4v) is 2.60. The summed E-state index contributed by atoms with van der Waals surface area (Å²) in [5.41, 5.74) is 10.8. The fraction of sp³-hybridized carbons (Fsp3) is 0.200. The number of benzene rings is 2. The molecule has 1 aromatic heterocycles. The van der Waals surface area contributed by atoms with Crippen molar-refractivity contribution in [2.75, 3.05) is 5.73 Å². The van der Waals surface area contributed by atoms with Crippen LogP contribution in [0.2, 0.25) is 0 Å². The lowest BCUT2D eigenvalue weighted by Crippen LogP contribution is -2.06. The molecule has 0 bridgehead atoms. The lowest BCUT2D eigenvalue weighted by molar-refractivity contribution is 0.289. The Hall–Kier alpha value is -3.26. The van der Waals surface area contributed by atoms with Gasteiger partial charge < -0.3 is 10.5 Å². The first-order chi connectivity index (χ1) is 12.1. The normalized spacial score (nSPS) is 10.4. The third kappa shape index (κ3) is 3.81. The molecule has 3 rings (SSSR count). The molecule has 0 saturated heterocycles. The van der Waals surface area contributed by atoms with Crippen LogP contribution in [-0.4, -0.2) is 9.78 Å². The van der Waals surface area contributed by atoms with Crippen molar-refractivity contribution in [2.24, 2.45) is 0 Å². The van der Waals surface area contributed by atoms with E-state index >= 15 is 0 Å². The first-order valence-corrected chi connectivity index (χ1v) is 8.07. The summed E-state index contributed by atoms with van der Waals surface area (Å²) >= 11 is 0. The quantitative estimate of drug-likeness (QED) is 0.774. The minimum Gasteiger partial charge on any atom is -0.471 e. The maximum atomic E-state index is 9.39. The standard InChI is InChI=1S/C20H20N4O/c1-14-6-8-16(9-7-14)12-24-19(22)18(11-21)20(23-24)25-13-17-5-3-4-15(2)10-17/h3-10H,12-13,22H2,1-2H3. The van der Waals surface area contributed by atoms with Gasteiger partial charge in [0.2, 0.25) is 0 Å². The number of nitrogens with two attached hydrogens (primary N) is 1. The smallest absolute Gasteiger partial charge is 0.253 e. The summed E-state index contributed by atoms with van der Waals surface area (Å²) in [7, 11) is 0. The molecule has 25 heavy (non-hydrogen) atoms. The van der Waals surface area contributed by atoms with Crippen molar-refractivity contribution in [1.29, 1.82) is 5.26 Å². The maximum Gasteiger partial charge on any atom is 0.253 e. The third-order valence-corrected chi connectivity index (χ3v) is 3.98. The van der Waals surface area contributed by atoms with E-state index in [0.29, 0.717) is 19.0 Å². The minimum absolute atomic E-state index is 0.272. The van der Waals surface area contributed by atoms with Crippen molar-refractivity contribution in [3.63, 3.8) is 0 Å². The number of hydrogen-bond donors (Lipinski definition) is 1. The highest BCUT2D eigenvalue weighted by Gasteiger charge is 2.17. The lowest BCUT2D eigenvalue weighted by atomic mass is 10.1. The van der Waals surface area contributed by atoms with Crippen LogP contribution in [0.5, 0.6) is 5.88 Å². The minimum atomic E-state index is 0.272. The van der Waals surface area contributed by atoms with Gasteiger partial charge >= 0.3 is 0 Å². The van der Waals surface area contributed by atoms with Gasteiger partial charge in [-0.15, -0.1) is 5.10 Å². The average molecular weight is 332 g/mol. The van der Waals surface area contributed by atoms with Crippen LogP contribution < -0.4 is 10.5 Å². The molecule has 0 saturated carbocycles. The molecule has 0 spiro atoms. The summed E-state index contributed by atoms with van der Waals surface area (Å²) in [4.78, 5) is 0. The van der Waals surface area contributed by atoms with E-state index in [9.17, 15) is 5.26 Å². The predicted octanol–water partition coefficient (Wildman–Crippen LogP) is 3.58. The molecule has 0 aliphatic heterocycles. The zero-order valence-electron chi connectivity index (χ0n) is 14.4. The van der Waals surface area contributed by atoms with Crippen LogP contribution in [0, 0.1) is 25.2 Å². The molecule has 0 atom stereocenters. The molecule has 0 fully saturated rings. The van der Waals surface area contributed by atoms with Crippen molar-refractivity contribution in [2.45, 2.75) is 27.0 Å². The van der Waals surface area contributed by atoms with Crippen LogP contribution in [0.15, 0.2) is 48.5 Å². The van der Waals surface area contributed by atoms with Crippen molar-refractivity contribution in [3.05, 3.63) is 76.3 Å². The van der Waals surface area contributed by atoms with Crippen molar-refractivity contribution in [1.82, 2.24) is 9.78 Å². The molecule has 3 aromatic rings. The zero-order valence-corrected chi connectivity index (χ0v) is 14.4. The van der Waals surface area contributed by atoms with E-state index in [1.165, 1.54) is 5.56 Å². The topological polar surface area (TPSA) is 76.9 Å². The van der Waals surface area contributed by atoms with Gasteiger partial charge in [-0.25, -0.2) is 4.68 Å². The Morgan fingerprint density at radius 2 is 1.84 bits per heavy atom. The molecule has 0 aliphatic carbocycles. The van der Waals surface area contributed by atoms with Gasteiger partial charge in [-0.05, 0) is 25.0 Å². The van der Waals surface area contributed by atoms with Crippen molar-refractivity contribution >= 4 is 5.82 Å².